The van der Waals surface area contributed by atoms with Gasteiger partial charge in [-0.3, -0.25) is 0 Å². The molecule has 2 unspecified atom stereocenters. The van der Waals surface area contributed by atoms with Crippen LogP contribution < -0.4 is 5.32 Å². The molecule has 0 amide bonds. The summed E-state index contributed by atoms with van der Waals surface area (Å²) in [5.41, 5.74) is 2.44. The molecule has 0 bridgehead atoms. The molecule has 2 N–H and O–H groups in total. The first kappa shape index (κ1) is 13.4. The third-order valence-electron chi connectivity index (χ3n) is 4.34. The van der Waals surface area contributed by atoms with Crippen LogP contribution in [-0.2, 0) is 17.6 Å². The summed E-state index contributed by atoms with van der Waals surface area (Å²) in [5, 5.41) is 12.7. The molecule has 2 atom stereocenters. The van der Waals surface area contributed by atoms with Crippen molar-refractivity contribution < 1.29 is 14.6 Å². The van der Waals surface area contributed by atoms with Gasteiger partial charge in [-0.05, 0) is 50.2 Å². The minimum atomic E-state index is -0.906. The molecule has 0 saturated heterocycles. The zero-order valence-corrected chi connectivity index (χ0v) is 11.7. The average molecular weight is 276 g/mol. The Morgan fingerprint density at radius 3 is 3.00 bits per heavy atom. The molecule has 5 heteroatoms. The monoisotopic (exact) mass is 276 g/mol. The molecular weight excluding hydrogens is 256 g/mol. The summed E-state index contributed by atoms with van der Waals surface area (Å²) in [7, 11) is 1.73. The summed E-state index contributed by atoms with van der Waals surface area (Å²) in [5.74, 6) is -0.379. The number of nitrogens with zero attached hydrogens (tertiary/aromatic N) is 1. The number of pyridine rings is 1. The molecule has 1 aromatic rings. The van der Waals surface area contributed by atoms with Crippen LogP contribution in [0.15, 0.2) is 6.07 Å². The highest BCUT2D eigenvalue weighted by atomic mass is 16.5. The van der Waals surface area contributed by atoms with Crippen molar-refractivity contribution in [2.24, 2.45) is 0 Å². The Balaban J connectivity index is 1.83. The highest BCUT2D eigenvalue weighted by molar-refractivity contribution is 5.93. The Labute approximate surface area is 118 Å². The smallest absolute Gasteiger partial charge is 0.339 e. The lowest BCUT2D eigenvalue weighted by molar-refractivity contribution is 0.0697. The van der Waals surface area contributed by atoms with E-state index in [1.165, 1.54) is 0 Å². The van der Waals surface area contributed by atoms with E-state index in [-0.39, 0.29) is 12.1 Å². The molecular formula is C15H20N2O3. The molecule has 3 rings (SSSR count). The number of ether oxygens (including phenoxy) is 1. The fraction of sp³-hybridized carbons (Fsp3) is 0.600. The van der Waals surface area contributed by atoms with Crippen LogP contribution >= 0.6 is 0 Å². The third-order valence-corrected chi connectivity index (χ3v) is 4.34. The highest BCUT2D eigenvalue weighted by Crippen LogP contribution is 2.29. The van der Waals surface area contributed by atoms with Crippen molar-refractivity contribution in [3.8, 4) is 0 Å². The van der Waals surface area contributed by atoms with Crippen LogP contribution in [0, 0.1) is 0 Å². The van der Waals surface area contributed by atoms with E-state index in [2.05, 4.69) is 10.3 Å². The summed E-state index contributed by atoms with van der Waals surface area (Å²) in [4.78, 5) is 16.0. The first-order valence-electron chi connectivity index (χ1n) is 7.23. The number of fused-ring (bicyclic) bond motifs is 1. The van der Waals surface area contributed by atoms with Crippen molar-refractivity contribution >= 4 is 11.8 Å². The van der Waals surface area contributed by atoms with Gasteiger partial charge in [0.1, 0.15) is 11.4 Å². The first-order valence-corrected chi connectivity index (χ1v) is 7.23. The molecule has 2 aliphatic carbocycles. The van der Waals surface area contributed by atoms with E-state index in [0.717, 1.165) is 49.8 Å². The molecule has 1 heterocycles. The Kier molecular flexibility index (Phi) is 3.61. The molecule has 2 aliphatic rings. The summed E-state index contributed by atoms with van der Waals surface area (Å²) < 4.78 is 5.35. The number of hydrogen-bond acceptors (Lipinski definition) is 4. The van der Waals surface area contributed by atoms with Crippen molar-refractivity contribution in [2.75, 3.05) is 12.4 Å². The number of hydrogen-bond donors (Lipinski definition) is 2. The van der Waals surface area contributed by atoms with Crippen molar-refractivity contribution in [1.82, 2.24) is 4.98 Å². The van der Waals surface area contributed by atoms with Gasteiger partial charge in [0, 0.05) is 18.8 Å². The van der Waals surface area contributed by atoms with Crippen LogP contribution in [0.25, 0.3) is 0 Å². The topological polar surface area (TPSA) is 71.5 Å². The number of carboxylic acids is 1. The van der Waals surface area contributed by atoms with Gasteiger partial charge in [0.15, 0.2) is 0 Å². The minimum Gasteiger partial charge on any atom is -0.478 e. The molecule has 0 aliphatic heterocycles. The number of aromatic nitrogens is 1. The van der Waals surface area contributed by atoms with E-state index in [9.17, 15) is 9.90 Å². The fourth-order valence-electron chi connectivity index (χ4n) is 3.22. The molecule has 0 radical (unpaired) electrons. The van der Waals surface area contributed by atoms with E-state index < -0.39 is 5.97 Å². The Bertz CT molecular complexity index is 530. The Hall–Kier alpha value is -1.62. The van der Waals surface area contributed by atoms with Crippen LogP contribution in [0.4, 0.5) is 5.82 Å². The maximum Gasteiger partial charge on any atom is 0.339 e. The number of aromatic carboxylic acids is 1. The largest absolute Gasteiger partial charge is 0.478 e. The molecule has 20 heavy (non-hydrogen) atoms. The van der Waals surface area contributed by atoms with Crippen molar-refractivity contribution in [3.63, 3.8) is 0 Å². The Morgan fingerprint density at radius 2 is 2.30 bits per heavy atom. The predicted molar refractivity (Wildman–Crippen MR) is 75.3 cm³/mol. The lowest BCUT2D eigenvalue weighted by Gasteiger charge is -2.16. The molecule has 108 valence electrons. The normalized spacial score (nSPS) is 24.6. The van der Waals surface area contributed by atoms with Crippen molar-refractivity contribution in [1.29, 1.82) is 0 Å². The standard InChI is InChI=1S/C15H20N2O3/c1-20-11-6-5-10(8-11)16-14-12(15(18)19)7-9-3-2-4-13(9)17-14/h7,10-11H,2-6,8H2,1H3,(H,16,17)(H,18,19). The summed E-state index contributed by atoms with van der Waals surface area (Å²) in [6.07, 6.45) is 6.16. The second-order valence-corrected chi connectivity index (χ2v) is 5.66. The number of carboxylic acid groups (broad SMARTS) is 1. The van der Waals surface area contributed by atoms with Gasteiger partial charge in [0.2, 0.25) is 0 Å². The second kappa shape index (κ2) is 5.40. The van der Waals surface area contributed by atoms with Gasteiger partial charge in [-0.15, -0.1) is 0 Å². The van der Waals surface area contributed by atoms with Crippen LogP contribution in [0.1, 0.15) is 47.3 Å². The Morgan fingerprint density at radius 1 is 1.45 bits per heavy atom. The first-order chi connectivity index (χ1) is 9.67. The minimum absolute atomic E-state index is 0.255. The van der Waals surface area contributed by atoms with Crippen LogP contribution in [0.5, 0.6) is 0 Å². The summed E-state index contributed by atoms with van der Waals surface area (Å²) in [6.45, 7) is 0. The zero-order valence-electron chi connectivity index (χ0n) is 11.7. The maximum absolute atomic E-state index is 11.4. The lowest BCUT2D eigenvalue weighted by atomic mass is 10.1. The fourth-order valence-corrected chi connectivity index (χ4v) is 3.22. The van der Waals surface area contributed by atoms with Gasteiger partial charge >= 0.3 is 5.97 Å². The van der Waals surface area contributed by atoms with Crippen LogP contribution in [-0.4, -0.2) is 35.3 Å². The number of rotatable bonds is 4. The lowest BCUT2D eigenvalue weighted by Crippen LogP contribution is -2.20. The second-order valence-electron chi connectivity index (χ2n) is 5.66. The van der Waals surface area contributed by atoms with E-state index in [1.807, 2.05) is 0 Å². The van der Waals surface area contributed by atoms with E-state index >= 15 is 0 Å². The van der Waals surface area contributed by atoms with Gasteiger partial charge in [0.05, 0.1) is 6.10 Å². The van der Waals surface area contributed by atoms with E-state index in [4.69, 9.17) is 4.74 Å². The zero-order chi connectivity index (χ0) is 14.1. The van der Waals surface area contributed by atoms with Crippen molar-refractivity contribution in [3.05, 3.63) is 22.9 Å². The van der Waals surface area contributed by atoms with Gasteiger partial charge in [-0.2, -0.15) is 0 Å². The average Bonchev–Trinajstić information content (AvgIpc) is 3.05. The van der Waals surface area contributed by atoms with Gasteiger partial charge in [-0.1, -0.05) is 0 Å². The highest BCUT2D eigenvalue weighted by Gasteiger charge is 2.27. The van der Waals surface area contributed by atoms with Gasteiger partial charge < -0.3 is 15.2 Å². The van der Waals surface area contributed by atoms with Crippen LogP contribution in [0.2, 0.25) is 0 Å². The maximum atomic E-state index is 11.4. The molecule has 1 saturated carbocycles. The molecule has 0 spiro atoms. The number of methoxy groups -OCH3 is 1. The number of anilines is 1. The van der Waals surface area contributed by atoms with Gasteiger partial charge in [-0.25, -0.2) is 9.78 Å². The summed E-state index contributed by atoms with van der Waals surface area (Å²) >= 11 is 0. The van der Waals surface area contributed by atoms with E-state index in [1.54, 1.807) is 13.2 Å². The van der Waals surface area contributed by atoms with Gasteiger partial charge in [0.25, 0.3) is 0 Å². The number of nitrogens with one attached hydrogen (secondary N) is 1. The third kappa shape index (κ3) is 2.50. The number of aryl methyl sites for hydroxylation is 2. The molecule has 0 aromatic carbocycles. The number of carbonyl (C=O) groups is 1. The molecule has 1 fully saturated rings. The SMILES string of the molecule is COC1CCC(Nc2nc3c(cc2C(=O)O)CCC3)C1. The summed E-state index contributed by atoms with van der Waals surface area (Å²) in [6, 6.07) is 2.05. The van der Waals surface area contributed by atoms with E-state index in [0.29, 0.717) is 11.4 Å². The quantitative estimate of drug-likeness (QED) is 0.882. The van der Waals surface area contributed by atoms with Crippen LogP contribution in [0.3, 0.4) is 0 Å². The molecule has 5 nitrogen and oxygen atoms in total. The van der Waals surface area contributed by atoms with Crippen molar-refractivity contribution in [2.45, 2.75) is 50.7 Å². The molecule has 1 aromatic heterocycles. The predicted octanol–water partition coefficient (Wildman–Crippen LogP) is 2.25.